The van der Waals surface area contributed by atoms with Gasteiger partial charge in [-0.25, -0.2) is 0 Å². The van der Waals surface area contributed by atoms with Crippen LogP contribution in [0.25, 0.3) is 0 Å². The fourth-order valence-electron chi connectivity index (χ4n) is 5.00. The first-order valence-corrected chi connectivity index (χ1v) is 7.77. The Morgan fingerprint density at radius 1 is 1.15 bits per heavy atom. The molecule has 0 saturated heterocycles. The summed E-state index contributed by atoms with van der Waals surface area (Å²) >= 11 is 0. The molecule has 3 atom stereocenters. The molecular weight excluding hydrogens is 254 g/mol. The number of carbonyl (C=O) groups is 2. The largest absolute Gasteiger partial charge is 0.480 e. The lowest BCUT2D eigenvalue weighted by Crippen LogP contribution is -2.59. The topological polar surface area (TPSA) is 66.4 Å². The Morgan fingerprint density at radius 2 is 1.80 bits per heavy atom. The number of carboxylic acids is 1. The van der Waals surface area contributed by atoms with Gasteiger partial charge in [0.05, 0.1) is 0 Å². The van der Waals surface area contributed by atoms with Crippen LogP contribution in [0, 0.1) is 22.2 Å². The number of carbonyl (C=O) groups excluding carboxylic acids is 1. The Balaban J connectivity index is 1.81. The van der Waals surface area contributed by atoms with Gasteiger partial charge in [-0.3, -0.25) is 9.59 Å². The molecule has 0 heterocycles. The molecule has 3 aliphatic carbocycles. The summed E-state index contributed by atoms with van der Waals surface area (Å²) in [7, 11) is 0. The van der Waals surface area contributed by atoms with E-state index in [4.69, 9.17) is 0 Å². The first-order chi connectivity index (χ1) is 9.22. The smallest absolute Gasteiger partial charge is 0.319 e. The van der Waals surface area contributed by atoms with E-state index < -0.39 is 11.4 Å². The maximum atomic E-state index is 12.6. The van der Waals surface area contributed by atoms with Crippen molar-refractivity contribution in [1.82, 2.24) is 5.32 Å². The van der Waals surface area contributed by atoms with Crippen molar-refractivity contribution in [2.75, 3.05) is 0 Å². The van der Waals surface area contributed by atoms with Gasteiger partial charge < -0.3 is 10.4 Å². The quantitative estimate of drug-likeness (QED) is 0.780. The number of fused-ring (bicyclic) bond motifs is 2. The summed E-state index contributed by atoms with van der Waals surface area (Å²) < 4.78 is 0. The van der Waals surface area contributed by atoms with Crippen LogP contribution in [0.1, 0.15) is 59.3 Å². The molecule has 3 aliphatic rings. The van der Waals surface area contributed by atoms with Crippen LogP contribution in [0.2, 0.25) is 0 Å². The number of aliphatic carboxylic acids is 1. The van der Waals surface area contributed by atoms with Crippen LogP contribution < -0.4 is 5.32 Å². The van der Waals surface area contributed by atoms with Gasteiger partial charge in [-0.2, -0.15) is 0 Å². The maximum absolute atomic E-state index is 12.6. The molecule has 3 rings (SSSR count). The van der Waals surface area contributed by atoms with E-state index in [0.717, 1.165) is 19.3 Å². The Morgan fingerprint density at radius 3 is 2.20 bits per heavy atom. The highest BCUT2D eigenvalue weighted by molar-refractivity contribution is 6.03. The second-order valence-corrected chi connectivity index (χ2v) is 8.06. The molecule has 0 radical (unpaired) electrons. The van der Waals surface area contributed by atoms with Gasteiger partial charge in [0, 0.05) is 6.04 Å². The summed E-state index contributed by atoms with van der Waals surface area (Å²) in [5.74, 6) is -0.546. The van der Waals surface area contributed by atoms with Crippen molar-refractivity contribution >= 4 is 11.9 Å². The van der Waals surface area contributed by atoms with Crippen molar-refractivity contribution in [2.24, 2.45) is 22.2 Å². The molecule has 3 saturated carbocycles. The van der Waals surface area contributed by atoms with Gasteiger partial charge in [-0.05, 0) is 48.9 Å². The van der Waals surface area contributed by atoms with Crippen LogP contribution in [-0.2, 0) is 9.59 Å². The van der Waals surface area contributed by atoms with Crippen molar-refractivity contribution in [2.45, 2.75) is 65.3 Å². The second-order valence-electron chi connectivity index (χ2n) is 8.06. The minimum Gasteiger partial charge on any atom is -0.480 e. The monoisotopic (exact) mass is 279 g/mol. The van der Waals surface area contributed by atoms with E-state index in [1.807, 2.05) is 0 Å². The zero-order valence-corrected chi connectivity index (χ0v) is 12.7. The van der Waals surface area contributed by atoms with E-state index >= 15 is 0 Å². The maximum Gasteiger partial charge on any atom is 0.319 e. The van der Waals surface area contributed by atoms with Crippen LogP contribution in [0.3, 0.4) is 0 Å². The Kier molecular flexibility index (Phi) is 2.77. The lowest BCUT2D eigenvalue weighted by atomic mass is 9.65. The molecule has 3 fully saturated rings. The van der Waals surface area contributed by atoms with Crippen molar-refractivity contribution in [3.05, 3.63) is 0 Å². The van der Waals surface area contributed by atoms with Gasteiger partial charge in [0.1, 0.15) is 5.41 Å². The zero-order valence-electron chi connectivity index (χ0n) is 12.7. The van der Waals surface area contributed by atoms with Crippen molar-refractivity contribution in [3.63, 3.8) is 0 Å². The molecule has 20 heavy (non-hydrogen) atoms. The number of nitrogens with one attached hydrogen (secondary N) is 1. The normalized spacial score (nSPS) is 40.1. The third-order valence-electron chi connectivity index (χ3n) is 6.60. The molecule has 2 bridgehead atoms. The van der Waals surface area contributed by atoms with Crippen LogP contribution in [-0.4, -0.2) is 23.0 Å². The average Bonchev–Trinajstić information content (AvgIpc) is 2.73. The van der Waals surface area contributed by atoms with Gasteiger partial charge in [0.25, 0.3) is 0 Å². The van der Waals surface area contributed by atoms with Crippen molar-refractivity contribution in [1.29, 1.82) is 0 Å². The summed E-state index contributed by atoms with van der Waals surface area (Å²) in [5.41, 5.74) is -0.923. The second kappa shape index (κ2) is 3.99. The minimum atomic E-state index is -1.14. The molecule has 1 amide bonds. The summed E-state index contributed by atoms with van der Waals surface area (Å²) in [6.45, 7) is 6.70. The first kappa shape index (κ1) is 13.9. The number of carboxylic acid groups (broad SMARTS) is 1. The van der Waals surface area contributed by atoms with Gasteiger partial charge in [0.15, 0.2) is 0 Å². The highest BCUT2D eigenvalue weighted by atomic mass is 16.4. The van der Waals surface area contributed by atoms with Crippen LogP contribution in [0.5, 0.6) is 0 Å². The first-order valence-electron chi connectivity index (χ1n) is 7.77. The molecule has 0 aromatic carbocycles. The Bertz CT molecular complexity index is 462. The fraction of sp³-hybridized carbons (Fsp3) is 0.875. The molecule has 0 aromatic rings. The molecule has 3 unspecified atom stereocenters. The predicted octanol–water partition coefficient (Wildman–Crippen LogP) is 2.57. The number of amides is 1. The predicted molar refractivity (Wildman–Crippen MR) is 75.1 cm³/mol. The fourth-order valence-corrected chi connectivity index (χ4v) is 5.00. The molecule has 4 heteroatoms. The third-order valence-corrected chi connectivity index (χ3v) is 6.60. The molecule has 0 aliphatic heterocycles. The van der Waals surface area contributed by atoms with Crippen LogP contribution in [0.4, 0.5) is 0 Å². The lowest BCUT2D eigenvalue weighted by molar-refractivity contribution is -0.163. The molecule has 0 aromatic heterocycles. The molecule has 2 N–H and O–H groups in total. The minimum absolute atomic E-state index is 0.0755. The van der Waals surface area contributed by atoms with Gasteiger partial charge in [-0.1, -0.05) is 27.2 Å². The molecule has 4 nitrogen and oxygen atoms in total. The van der Waals surface area contributed by atoms with E-state index in [0.29, 0.717) is 18.8 Å². The number of rotatable bonds is 3. The van der Waals surface area contributed by atoms with Crippen molar-refractivity contribution < 1.29 is 14.7 Å². The summed E-state index contributed by atoms with van der Waals surface area (Å²) in [6.07, 6.45) is 5.35. The third kappa shape index (κ3) is 1.60. The Hall–Kier alpha value is -1.06. The lowest BCUT2D eigenvalue weighted by Gasteiger charge is -2.45. The SMILES string of the molecule is CC12CCC(C1)C(C)(C)C2NC(=O)C1(C(=O)O)CCC1. The summed E-state index contributed by atoms with van der Waals surface area (Å²) in [6, 6.07) is 0.109. The van der Waals surface area contributed by atoms with Gasteiger partial charge in [0.2, 0.25) is 5.91 Å². The highest BCUT2D eigenvalue weighted by Gasteiger charge is 2.61. The summed E-state index contributed by atoms with van der Waals surface area (Å²) in [4.78, 5) is 24.0. The average molecular weight is 279 g/mol. The number of hydrogen-bond acceptors (Lipinski definition) is 2. The van der Waals surface area contributed by atoms with Crippen molar-refractivity contribution in [3.8, 4) is 0 Å². The molecule has 0 spiro atoms. The number of hydrogen-bond donors (Lipinski definition) is 2. The zero-order chi connectivity index (χ0) is 14.8. The summed E-state index contributed by atoms with van der Waals surface area (Å²) in [5, 5.41) is 12.5. The standard InChI is InChI=1S/C16H25NO3/c1-14(2)10-5-8-15(3,9-10)11(14)17-12(18)16(13(19)20)6-4-7-16/h10-11H,4-9H2,1-3H3,(H,17,18)(H,19,20). The van der Waals surface area contributed by atoms with Gasteiger partial charge >= 0.3 is 5.97 Å². The van der Waals surface area contributed by atoms with E-state index in [-0.39, 0.29) is 22.8 Å². The van der Waals surface area contributed by atoms with Gasteiger partial charge in [-0.15, -0.1) is 0 Å². The van der Waals surface area contributed by atoms with E-state index in [2.05, 4.69) is 26.1 Å². The van der Waals surface area contributed by atoms with Crippen LogP contribution in [0.15, 0.2) is 0 Å². The highest BCUT2D eigenvalue weighted by Crippen LogP contribution is 2.62. The Labute approximate surface area is 120 Å². The van der Waals surface area contributed by atoms with Crippen LogP contribution >= 0.6 is 0 Å². The van der Waals surface area contributed by atoms with E-state index in [1.165, 1.54) is 6.42 Å². The molecular formula is C16H25NO3. The van der Waals surface area contributed by atoms with E-state index in [1.54, 1.807) is 0 Å². The van der Waals surface area contributed by atoms with E-state index in [9.17, 15) is 14.7 Å². The molecule has 112 valence electrons.